The van der Waals surface area contributed by atoms with Crippen LogP contribution < -0.4 is 11.1 Å². The number of hydrogen-bond donors (Lipinski definition) is 2. The first-order valence-electron chi connectivity index (χ1n) is 10.8. The molecule has 0 heterocycles. The number of rotatable bonds is 12. The van der Waals surface area contributed by atoms with E-state index in [9.17, 15) is 4.79 Å². The van der Waals surface area contributed by atoms with Crippen LogP contribution >= 0.6 is 0 Å². The summed E-state index contributed by atoms with van der Waals surface area (Å²) < 4.78 is 11.9. The number of nitrogens with one attached hydrogen (secondary N) is 1. The molecule has 0 aliphatic heterocycles. The Hall–Kier alpha value is -1.43. The van der Waals surface area contributed by atoms with Crippen molar-refractivity contribution in [3.05, 3.63) is 36.0 Å². The normalized spacial score (nSPS) is 20.9. The molecule has 1 aliphatic carbocycles. The monoisotopic (exact) mass is 406 g/mol. The lowest BCUT2D eigenvalue weighted by Gasteiger charge is -2.32. The van der Waals surface area contributed by atoms with E-state index in [-0.39, 0.29) is 23.0 Å². The average molecular weight is 407 g/mol. The number of allylic oxidation sites excluding steroid dienone is 2. The summed E-state index contributed by atoms with van der Waals surface area (Å²) >= 11 is 0. The lowest BCUT2D eigenvalue weighted by atomic mass is 9.83. The van der Waals surface area contributed by atoms with Crippen molar-refractivity contribution in [1.29, 1.82) is 0 Å². The molecule has 5 nitrogen and oxygen atoms in total. The Labute approximate surface area is 177 Å². The third-order valence-electron chi connectivity index (χ3n) is 5.66. The van der Waals surface area contributed by atoms with Gasteiger partial charge in [-0.05, 0) is 70.6 Å². The zero-order valence-corrected chi connectivity index (χ0v) is 19.5. The summed E-state index contributed by atoms with van der Waals surface area (Å²) in [5.41, 5.74) is 5.93. The van der Waals surface area contributed by atoms with Crippen LogP contribution in [0.1, 0.15) is 67.7 Å². The second kappa shape index (κ2) is 11.1. The van der Waals surface area contributed by atoms with E-state index in [1.54, 1.807) is 0 Å². The number of carbonyl (C=O) groups excluding carboxylic acids is 1. The molecule has 0 bridgehead atoms. The Morgan fingerprint density at radius 1 is 1.21 bits per heavy atom. The fraction of sp³-hybridized carbons (Fsp3) is 0.708. The highest BCUT2D eigenvalue weighted by atomic mass is 16.5. The van der Waals surface area contributed by atoms with Gasteiger partial charge in [-0.25, -0.2) is 0 Å². The molecule has 0 aromatic heterocycles. The summed E-state index contributed by atoms with van der Waals surface area (Å²) in [6.07, 6.45) is 12.1. The van der Waals surface area contributed by atoms with Crippen molar-refractivity contribution in [2.24, 2.45) is 11.1 Å². The molecule has 1 rings (SSSR count). The van der Waals surface area contributed by atoms with Crippen molar-refractivity contribution in [3.8, 4) is 0 Å². The average Bonchev–Trinajstić information content (AvgIpc) is 2.81. The number of amides is 1. The minimum atomic E-state index is -0.473. The van der Waals surface area contributed by atoms with Crippen molar-refractivity contribution >= 4 is 5.91 Å². The zero-order chi connectivity index (χ0) is 22.1. The fourth-order valence-corrected chi connectivity index (χ4v) is 2.75. The molecule has 2 atom stereocenters. The molecule has 1 amide bonds. The largest absolute Gasteiger partial charge is 0.375 e. The zero-order valence-electron chi connectivity index (χ0n) is 19.5. The van der Waals surface area contributed by atoms with E-state index < -0.39 is 5.60 Å². The first kappa shape index (κ1) is 25.6. The molecular formula is C24H42N2O3. The maximum Gasteiger partial charge on any atom is 0.251 e. The van der Waals surface area contributed by atoms with Crippen LogP contribution in [0.4, 0.5) is 0 Å². The lowest BCUT2D eigenvalue weighted by molar-refractivity contribution is -0.117. The SMILES string of the molecule is CCCOC1(C)C=CC=C(C(=O)NCCC(C)(C)OCCC(C)(C)[C@H](C)N)C=C1. The van der Waals surface area contributed by atoms with Gasteiger partial charge in [-0.15, -0.1) is 0 Å². The summed E-state index contributed by atoms with van der Waals surface area (Å²) in [5, 5.41) is 3.00. The van der Waals surface area contributed by atoms with Crippen LogP contribution in [0.15, 0.2) is 36.0 Å². The van der Waals surface area contributed by atoms with E-state index in [1.807, 2.05) is 44.2 Å². The number of ether oxygens (including phenoxy) is 2. The molecule has 1 aliphatic rings. The van der Waals surface area contributed by atoms with Gasteiger partial charge in [0.25, 0.3) is 5.91 Å². The fourth-order valence-electron chi connectivity index (χ4n) is 2.75. The van der Waals surface area contributed by atoms with Crippen LogP contribution in [0.25, 0.3) is 0 Å². The molecule has 0 spiro atoms. The lowest BCUT2D eigenvalue weighted by Crippen LogP contribution is -2.37. The molecule has 0 saturated heterocycles. The van der Waals surface area contributed by atoms with Gasteiger partial charge in [0, 0.05) is 31.4 Å². The van der Waals surface area contributed by atoms with E-state index in [0.717, 1.165) is 19.3 Å². The van der Waals surface area contributed by atoms with Gasteiger partial charge in [0.15, 0.2) is 0 Å². The van der Waals surface area contributed by atoms with Crippen LogP contribution in [0.3, 0.4) is 0 Å². The van der Waals surface area contributed by atoms with E-state index in [2.05, 4.69) is 39.9 Å². The molecule has 3 N–H and O–H groups in total. The summed E-state index contributed by atoms with van der Waals surface area (Å²) in [6, 6.07) is 0.123. The maximum atomic E-state index is 12.5. The molecule has 0 aromatic rings. The number of hydrogen-bond acceptors (Lipinski definition) is 4. The van der Waals surface area contributed by atoms with Crippen LogP contribution in [-0.4, -0.2) is 42.9 Å². The molecule has 5 heteroatoms. The van der Waals surface area contributed by atoms with Crippen LogP contribution in [0.2, 0.25) is 0 Å². The van der Waals surface area contributed by atoms with Gasteiger partial charge in [0.1, 0.15) is 5.60 Å². The predicted octanol–water partition coefficient (Wildman–Crippen LogP) is 4.29. The highest BCUT2D eigenvalue weighted by Crippen LogP contribution is 2.25. The highest BCUT2D eigenvalue weighted by Gasteiger charge is 2.25. The minimum absolute atomic E-state index is 0.0471. The van der Waals surface area contributed by atoms with Crippen molar-refractivity contribution in [3.63, 3.8) is 0 Å². The minimum Gasteiger partial charge on any atom is -0.375 e. The Kier molecular flexibility index (Phi) is 9.80. The van der Waals surface area contributed by atoms with Gasteiger partial charge in [0.05, 0.1) is 5.60 Å². The summed E-state index contributed by atoms with van der Waals surface area (Å²) in [5.74, 6) is -0.0838. The molecule has 1 unspecified atom stereocenters. The summed E-state index contributed by atoms with van der Waals surface area (Å²) in [7, 11) is 0. The quantitative estimate of drug-likeness (QED) is 0.507. The van der Waals surface area contributed by atoms with E-state index >= 15 is 0 Å². The van der Waals surface area contributed by atoms with Gasteiger partial charge in [0.2, 0.25) is 0 Å². The second-order valence-corrected chi connectivity index (χ2v) is 9.49. The van der Waals surface area contributed by atoms with E-state index in [0.29, 0.717) is 25.3 Å². The van der Waals surface area contributed by atoms with E-state index in [1.165, 1.54) is 0 Å². The summed E-state index contributed by atoms with van der Waals surface area (Å²) in [6.45, 7) is 16.4. The Bertz CT molecular complexity index is 618. The third kappa shape index (κ3) is 9.28. The van der Waals surface area contributed by atoms with Crippen molar-refractivity contribution in [2.45, 2.75) is 85.0 Å². The Morgan fingerprint density at radius 3 is 2.52 bits per heavy atom. The van der Waals surface area contributed by atoms with Gasteiger partial charge in [-0.2, -0.15) is 0 Å². The smallest absolute Gasteiger partial charge is 0.251 e. The van der Waals surface area contributed by atoms with Crippen molar-refractivity contribution in [1.82, 2.24) is 5.32 Å². The first-order valence-corrected chi connectivity index (χ1v) is 10.8. The Morgan fingerprint density at radius 2 is 1.90 bits per heavy atom. The molecule has 0 aromatic carbocycles. The second-order valence-electron chi connectivity index (χ2n) is 9.49. The van der Waals surface area contributed by atoms with Crippen LogP contribution in [0, 0.1) is 5.41 Å². The van der Waals surface area contributed by atoms with Crippen LogP contribution in [-0.2, 0) is 14.3 Å². The molecule has 166 valence electrons. The molecule has 0 saturated carbocycles. The summed E-state index contributed by atoms with van der Waals surface area (Å²) in [4.78, 5) is 12.5. The van der Waals surface area contributed by atoms with Gasteiger partial charge < -0.3 is 20.5 Å². The molecule has 0 fully saturated rings. The standard InChI is InChI=1S/C24H42N2O3/c1-8-17-29-24(7)12-9-10-20(11-13-24)21(27)26-16-14-23(5,6)28-18-15-22(3,4)19(2)25/h9-13,19H,8,14-18,25H2,1-7H3,(H,26,27)/t19-,24?/m0/s1. The van der Waals surface area contributed by atoms with E-state index in [4.69, 9.17) is 15.2 Å². The highest BCUT2D eigenvalue weighted by molar-refractivity contribution is 5.96. The van der Waals surface area contributed by atoms with Crippen LogP contribution in [0.5, 0.6) is 0 Å². The van der Waals surface area contributed by atoms with Gasteiger partial charge in [-0.3, -0.25) is 4.79 Å². The van der Waals surface area contributed by atoms with Crippen molar-refractivity contribution < 1.29 is 14.3 Å². The topological polar surface area (TPSA) is 73.6 Å². The first-order chi connectivity index (χ1) is 13.4. The molecule has 29 heavy (non-hydrogen) atoms. The van der Waals surface area contributed by atoms with Gasteiger partial charge >= 0.3 is 0 Å². The van der Waals surface area contributed by atoms with Crippen molar-refractivity contribution in [2.75, 3.05) is 19.8 Å². The Balaban J connectivity index is 2.45. The number of carbonyl (C=O) groups is 1. The maximum absolute atomic E-state index is 12.5. The molecular weight excluding hydrogens is 364 g/mol. The molecule has 0 radical (unpaired) electrons. The number of nitrogens with two attached hydrogens (primary N) is 1. The van der Waals surface area contributed by atoms with Gasteiger partial charge in [-0.1, -0.05) is 32.9 Å². The predicted molar refractivity (Wildman–Crippen MR) is 121 cm³/mol. The third-order valence-corrected chi connectivity index (χ3v) is 5.66.